The van der Waals surface area contributed by atoms with Gasteiger partial charge in [-0.15, -0.1) is 0 Å². The largest absolute Gasteiger partial charge is 0.489 e. The van der Waals surface area contributed by atoms with Crippen LogP contribution in [0, 0.1) is 0 Å². The first-order valence-electron chi connectivity index (χ1n) is 13.5. The van der Waals surface area contributed by atoms with Gasteiger partial charge in [-0.1, -0.05) is 108 Å². The van der Waals surface area contributed by atoms with Gasteiger partial charge in [-0.2, -0.15) is 0 Å². The number of hydrogen-bond acceptors (Lipinski definition) is 8. The molecule has 0 radical (unpaired) electrons. The highest BCUT2D eigenvalue weighted by Crippen LogP contribution is 2.59. The van der Waals surface area contributed by atoms with E-state index in [-0.39, 0.29) is 12.2 Å². The molecule has 4 nitrogen and oxygen atoms in total. The van der Waals surface area contributed by atoms with Crippen LogP contribution in [0.25, 0.3) is 11.1 Å². The fourth-order valence-electron chi connectivity index (χ4n) is 6.03. The Hall–Kier alpha value is -3.04. The Morgan fingerprint density at radius 1 is 0.585 bits per heavy atom. The van der Waals surface area contributed by atoms with Crippen LogP contribution in [0.4, 0.5) is 0 Å². The summed E-state index contributed by atoms with van der Waals surface area (Å²) in [4.78, 5) is 0. The lowest BCUT2D eigenvalue weighted by Gasteiger charge is -2.36. The summed E-state index contributed by atoms with van der Waals surface area (Å²) in [6.07, 6.45) is -0.156. The van der Waals surface area contributed by atoms with Crippen LogP contribution in [-0.2, 0) is 14.9 Å². The Morgan fingerprint density at radius 3 is 1.39 bits per heavy atom. The molecule has 2 unspecified atom stereocenters. The zero-order valence-electron chi connectivity index (χ0n) is 22.0. The monoisotopic (exact) mass is 614 g/mol. The second-order valence-corrected chi connectivity index (χ2v) is 13.3. The summed E-state index contributed by atoms with van der Waals surface area (Å²) >= 11 is 13.6. The van der Waals surface area contributed by atoms with Crippen LogP contribution in [-0.4, -0.2) is 45.7 Å². The van der Waals surface area contributed by atoms with Crippen LogP contribution in [0.1, 0.15) is 22.3 Å². The number of fused-ring (bicyclic) bond motifs is 3. The highest BCUT2D eigenvalue weighted by molar-refractivity contribution is 8.23. The van der Waals surface area contributed by atoms with Crippen LogP contribution in [0.3, 0.4) is 0 Å². The Labute approximate surface area is 258 Å². The molecule has 8 heteroatoms. The van der Waals surface area contributed by atoms with Crippen molar-refractivity contribution < 1.29 is 18.9 Å². The van der Waals surface area contributed by atoms with E-state index >= 15 is 0 Å². The smallest absolute Gasteiger partial charge is 0.220 e. The maximum atomic E-state index is 6.58. The fourth-order valence-corrected chi connectivity index (χ4v) is 8.09. The second-order valence-electron chi connectivity index (χ2n) is 10.1. The van der Waals surface area contributed by atoms with E-state index in [1.165, 1.54) is 22.3 Å². The van der Waals surface area contributed by atoms with Gasteiger partial charge in [-0.05, 0) is 58.8 Å². The lowest BCUT2D eigenvalue weighted by Crippen LogP contribution is -2.31. The fraction of sp³-hybridized carbons (Fsp3) is 0.212. The van der Waals surface area contributed by atoms with E-state index in [1.807, 2.05) is 12.1 Å². The van der Waals surface area contributed by atoms with E-state index in [1.54, 1.807) is 23.5 Å². The molecule has 41 heavy (non-hydrogen) atoms. The van der Waals surface area contributed by atoms with E-state index < -0.39 is 5.41 Å². The Morgan fingerprint density at radius 2 is 0.976 bits per heavy atom. The topological polar surface area (TPSA) is 36.9 Å². The van der Waals surface area contributed by atoms with Gasteiger partial charge < -0.3 is 18.9 Å². The lowest BCUT2D eigenvalue weighted by atomic mass is 9.67. The normalized spacial score (nSPS) is 20.2. The summed E-state index contributed by atoms with van der Waals surface area (Å²) in [5.41, 5.74) is 6.21. The summed E-state index contributed by atoms with van der Waals surface area (Å²) in [5, 5.41) is 0. The van der Waals surface area contributed by atoms with Crippen molar-refractivity contribution in [3.63, 3.8) is 0 Å². The van der Waals surface area contributed by atoms with E-state index in [2.05, 4.69) is 84.9 Å². The number of hydrogen-bond donors (Lipinski definition) is 0. The van der Waals surface area contributed by atoms with E-state index in [4.69, 9.17) is 43.4 Å². The van der Waals surface area contributed by atoms with Crippen molar-refractivity contribution in [1.29, 1.82) is 0 Å². The molecule has 0 amide bonds. The molecule has 4 aromatic carbocycles. The van der Waals surface area contributed by atoms with Gasteiger partial charge in [0.25, 0.3) is 0 Å². The molecule has 2 fully saturated rings. The van der Waals surface area contributed by atoms with E-state index in [0.717, 1.165) is 34.1 Å². The van der Waals surface area contributed by atoms with Crippen molar-refractivity contribution >= 4 is 56.7 Å². The molecule has 206 valence electrons. The molecular weight excluding hydrogens is 589 g/mol. The molecular formula is C33H26O4S4. The molecule has 2 atom stereocenters. The molecule has 0 bridgehead atoms. The summed E-state index contributed by atoms with van der Waals surface area (Å²) in [6.45, 7) is 0.830. The molecule has 7 rings (SSSR count). The van der Waals surface area contributed by atoms with E-state index in [0.29, 0.717) is 22.0 Å². The van der Waals surface area contributed by atoms with E-state index in [9.17, 15) is 0 Å². The van der Waals surface area contributed by atoms with Crippen molar-refractivity contribution in [1.82, 2.24) is 0 Å². The van der Waals surface area contributed by atoms with Crippen molar-refractivity contribution in [3.05, 3.63) is 119 Å². The Kier molecular flexibility index (Phi) is 7.41. The highest BCUT2D eigenvalue weighted by atomic mass is 32.2. The summed E-state index contributed by atoms with van der Waals surface area (Å²) < 4.78 is 25.9. The predicted molar refractivity (Wildman–Crippen MR) is 175 cm³/mol. The molecule has 4 aromatic rings. The zero-order valence-corrected chi connectivity index (χ0v) is 25.3. The van der Waals surface area contributed by atoms with Gasteiger partial charge in [-0.3, -0.25) is 0 Å². The second kappa shape index (κ2) is 11.3. The molecule has 2 saturated heterocycles. The predicted octanol–water partition coefficient (Wildman–Crippen LogP) is 7.64. The quantitative estimate of drug-likeness (QED) is 0.165. The third-order valence-electron chi connectivity index (χ3n) is 7.68. The molecule has 0 spiro atoms. The lowest BCUT2D eigenvalue weighted by molar-refractivity contribution is 0.148. The third kappa shape index (κ3) is 4.80. The average Bonchev–Trinajstić information content (AvgIpc) is 3.71. The third-order valence-corrected chi connectivity index (χ3v) is 10.3. The van der Waals surface area contributed by atoms with Crippen molar-refractivity contribution in [2.45, 2.75) is 17.6 Å². The Bertz CT molecular complexity index is 1520. The maximum absolute atomic E-state index is 6.58. The average molecular weight is 615 g/mol. The van der Waals surface area contributed by atoms with Crippen LogP contribution < -0.4 is 9.47 Å². The Balaban J connectivity index is 1.40. The van der Waals surface area contributed by atoms with Gasteiger partial charge >= 0.3 is 0 Å². The summed E-state index contributed by atoms with van der Waals surface area (Å²) in [7, 11) is 0. The van der Waals surface area contributed by atoms with Gasteiger partial charge in [0.15, 0.2) is 0 Å². The van der Waals surface area contributed by atoms with Crippen LogP contribution >= 0.6 is 48.0 Å². The van der Waals surface area contributed by atoms with Crippen molar-refractivity contribution in [3.8, 4) is 22.6 Å². The zero-order chi connectivity index (χ0) is 27.8. The van der Waals surface area contributed by atoms with Gasteiger partial charge in [0.05, 0.1) is 5.41 Å². The first kappa shape index (κ1) is 26.8. The molecule has 0 saturated carbocycles. The number of thiocarbonyl (C=S) groups is 2. The molecule has 0 aromatic heterocycles. The highest BCUT2D eigenvalue weighted by Gasteiger charge is 2.49. The SMILES string of the molecule is S=C1OC(COc2ccccc2C2(c3ccccc3OCC3CSC(=S)O3)c3ccccc3-c3ccccc32)CS1. The molecule has 2 heterocycles. The standard InChI is InChI=1S/C33H26O4S4/c38-31-36-21(19-40-31)17-34-29-15-7-5-13-27(29)33(25-11-3-1-9-23(25)24-10-2-4-12-26(24)33)28-14-6-8-16-30(28)35-18-22-20-41-32(39)37-22/h1-16,21-22H,17-20H2. The van der Waals surface area contributed by atoms with Gasteiger partial charge in [-0.25, -0.2) is 0 Å². The van der Waals surface area contributed by atoms with Crippen molar-refractivity contribution in [2.75, 3.05) is 24.7 Å². The number of thioether (sulfide) groups is 2. The summed E-state index contributed by atoms with van der Waals surface area (Å²) in [5.74, 6) is 3.20. The molecule has 1 aliphatic carbocycles. The van der Waals surface area contributed by atoms with Gasteiger partial charge in [0, 0.05) is 22.6 Å². The first-order valence-corrected chi connectivity index (χ1v) is 16.2. The number of rotatable bonds is 8. The van der Waals surface area contributed by atoms with Gasteiger partial charge in [0.2, 0.25) is 8.77 Å². The molecule has 0 N–H and O–H groups in total. The van der Waals surface area contributed by atoms with Crippen LogP contribution in [0.5, 0.6) is 11.5 Å². The minimum absolute atomic E-state index is 0.0781. The number of ether oxygens (including phenoxy) is 4. The van der Waals surface area contributed by atoms with Crippen LogP contribution in [0.2, 0.25) is 0 Å². The maximum Gasteiger partial charge on any atom is 0.220 e. The summed E-state index contributed by atoms with van der Waals surface area (Å²) in [6, 6.07) is 34.0. The first-order chi connectivity index (χ1) is 20.1. The van der Waals surface area contributed by atoms with Crippen molar-refractivity contribution in [2.24, 2.45) is 0 Å². The minimum Gasteiger partial charge on any atom is -0.489 e. The van der Waals surface area contributed by atoms with Crippen LogP contribution in [0.15, 0.2) is 97.1 Å². The molecule has 3 aliphatic rings. The molecule has 2 aliphatic heterocycles. The van der Waals surface area contributed by atoms with Gasteiger partial charge in [0.1, 0.15) is 36.9 Å². The minimum atomic E-state index is -0.679. The number of para-hydroxylation sites is 2. The number of benzene rings is 4.